The van der Waals surface area contributed by atoms with Crippen LogP contribution in [0.15, 0.2) is 48.7 Å². The number of rotatable bonds is 4. The second-order valence-electron chi connectivity index (χ2n) is 5.04. The number of benzene rings is 2. The molecular weight excluding hydrogens is 302 g/mol. The number of halogens is 1. The van der Waals surface area contributed by atoms with Crippen molar-refractivity contribution in [2.45, 2.75) is 6.61 Å². The number of carbonyl (C=O) groups is 1. The molecule has 1 heterocycles. The fourth-order valence-corrected chi connectivity index (χ4v) is 2.53. The molecule has 0 saturated heterocycles. The molecule has 0 fully saturated rings. The van der Waals surface area contributed by atoms with Crippen molar-refractivity contribution in [3.63, 3.8) is 0 Å². The summed E-state index contributed by atoms with van der Waals surface area (Å²) >= 11 is 5.84. The van der Waals surface area contributed by atoms with Gasteiger partial charge in [-0.05, 0) is 36.4 Å². The molecule has 0 unspecified atom stereocenters. The fraction of sp³-hybridized carbons (Fsp3) is 0.118. The van der Waals surface area contributed by atoms with Gasteiger partial charge in [-0.1, -0.05) is 17.7 Å². The number of ether oxygens (including phenoxy) is 1. The standard InChI is InChI=1S/C17H14ClNO3/c1-19-9-12(10-22-14-5-3-13(18)4-6-14)15-7-2-11(17(20)21)8-16(15)19/h2-9H,10H2,1H3,(H,20,21). The van der Waals surface area contributed by atoms with E-state index in [1.54, 1.807) is 24.3 Å². The Kier molecular flexibility index (Phi) is 3.77. The van der Waals surface area contributed by atoms with Crippen molar-refractivity contribution in [1.29, 1.82) is 0 Å². The molecule has 0 spiro atoms. The van der Waals surface area contributed by atoms with Crippen LogP contribution in [-0.4, -0.2) is 15.6 Å². The summed E-state index contributed by atoms with van der Waals surface area (Å²) in [5.41, 5.74) is 2.15. The van der Waals surface area contributed by atoms with E-state index >= 15 is 0 Å². The molecule has 1 aromatic heterocycles. The van der Waals surface area contributed by atoms with E-state index in [-0.39, 0.29) is 5.56 Å². The highest BCUT2D eigenvalue weighted by atomic mass is 35.5. The molecule has 4 nitrogen and oxygen atoms in total. The minimum absolute atomic E-state index is 0.277. The van der Waals surface area contributed by atoms with Gasteiger partial charge in [0.2, 0.25) is 0 Å². The molecule has 0 atom stereocenters. The van der Waals surface area contributed by atoms with Crippen LogP contribution in [-0.2, 0) is 13.7 Å². The largest absolute Gasteiger partial charge is 0.489 e. The number of carboxylic acid groups (broad SMARTS) is 1. The lowest BCUT2D eigenvalue weighted by Gasteiger charge is -2.05. The van der Waals surface area contributed by atoms with Gasteiger partial charge in [-0.3, -0.25) is 0 Å². The first-order chi connectivity index (χ1) is 10.5. The number of hydrogen-bond acceptors (Lipinski definition) is 2. The highest BCUT2D eigenvalue weighted by molar-refractivity contribution is 6.30. The Labute approximate surface area is 132 Å². The van der Waals surface area contributed by atoms with Crippen molar-refractivity contribution in [3.8, 4) is 5.75 Å². The zero-order chi connectivity index (χ0) is 15.7. The molecule has 1 N–H and O–H groups in total. The molecule has 3 aromatic rings. The highest BCUT2D eigenvalue weighted by Crippen LogP contribution is 2.24. The van der Waals surface area contributed by atoms with Gasteiger partial charge >= 0.3 is 5.97 Å². The van der Waals surface area contributed by atoms with Gasteiger partial charge in [0.25, 0.3) is 0 Å². The third kappa shape index (κ3) is 2.78. The van der Waals surface area contributed by atoms with Crippen LogP contribution in [0.25, 0.3) is 10.9 Å². The summed E-state index contributed by atoms with van der Waals surface area (Å²) in [6.07, 6.45) is 1.95. The van der Waals surface area contributed by atoms with E-state index in [0.29, 0.717) is 11.6 Å². The average Bonchev–Trinajstić information content (AvgIpc) is 2.83. The third-order valence-electron chi connectivity index (χ3n) is 3.53. The molecule has 0 bridgehead atoms. The molecule has 0 radical (unpaired) electrons. The van der Waals surface area contributed by atoms with Crippen LogP contribution in [0.5, 0.6) is 5.75 Å². The van der Waals surface area contributed by atoms with Crippen molar-refractivity contribution in [2.75, 3.05) is 0 Å². The maximum Gasteiger partial charge on any atom is 0.335 e. The summed E-state index contributed by atoms with van der Waals surface area (Å²) in [7, 11) is 1.89. The topological polar surface area (TPSA) is 51.5 Å². The molecule has 22 heavy (non-hydrogen) atoms. The summed E-state index contributed by atoms with van der Waals surface area (Å²) in [6.45, 7) is 0.408. The smallest absolute Gasteiger partial charge is 0.335 e. The maximum atomic E-state index is 11.1. The monoisotopic (exact) mass is 315 g/mol. The molecule has 112 valence electrons. The Balaban J connectivity index is 1.88. The third-order valence-corrected chi connectivity index (χ3v) is 3.78. The Hall–Kier alpha value is -2.46. The van der Waals surface area contributed by atoms with E-state index < -0.39 is 5.97 Å². The van der Waals surface area contributed by atoms with Gasteiger partial charge in [-0.15, -0.1) is 0 Å². The first-order valence-electron chi connectivity index (χ1n) is 6.74. The maximum absolute atomic E-state index is 11.1. The van der Waals surface area contributed by atoms with Crippen molar-refractivity contribution < 1.29 is 14.6 Å². The zero-order valence-electron chi connectivity index (χ0n) is 11.9. The SMILES string of the molecule is Cn1cc(COc2ccc(Cl)cc2)c2ccc(C(=O)O)cc21. The van der Waals surface area contributed by atoms with Crippen molar-refractivity contribution >= 4 is 28.5 Å². The fourth-order valence-electron chi connectivity index (χ4n) is 2.41. The van der Waals surface area contributed by atoms with Crippen LogP contribution >= 0.6 is 11.6 Å². The minimum atomic E-state index is -0.929. The number of fused-ring (bicyclic) bond motifs is 1. The lowest BCUT2D eigenvalue weighted by molar-refractivity contribution is 0.0697. The first-order valence-corrected chi connectivity index (χ1v) is 7.12. The summed E-state index contributed by atoms with van der Waals surface area (Å²) in [4.78, 5) is 11.1. The Morgan fingerprint density at radius 2 is 1.95 bits per heavy atom. The predicted molar refractivity (Wildman–Crippen MR) is 85.7 cm³/mol. The van der Waals surface area contributed by atoms with E-state index in [0.717, 1.165) is 22.2 Å². The molecule has 0 aliphatic heterocycles. The van der Waals surface area contributed by atoms with Gasteiger partial charge in [0.05, 0.1) is 5.56 Å². The second kappa shape index (κ2) is 5.73. The summed E-state index contributed by atoms with van der Waals surface area (Å²) in [5.74, 6) is -0.189. The quantitative estimate of drug-likeness (QED) is 0.788. The van der Waals surface area contributed by atoms with Gasteiger partial charge in [-0.25, -0.2) is 4.79 Å². The predicted octanol–water partition coefficient (Wildman–Crippen LogP) is 4.11. The number of aromatic carboxylic acids is 1. The molecule has 3 rings (SSSR count). The number of hydrogen-bond donors (Lipinski definition) is 1. The van der Waals surface area contributed by atoms with E-state index in [9.17, 15) is 4.79 Å². The number of aromatic nitrogens is 1. The molecule has 0 aliphatic carbocycles. The molecule has 0 amide bonds. The highest BCUT2D eigenvalue weighted by Gasteiger charge is 2.10. The summed E-state index contributed by atoms with van der Waals surface area (Å²) in [5, 5.41) is 10.7. The first kappa shape index (κ1) is 14.5. The van der Waals surface area contributed by atoms with Gasteiger partial charge in [0, 0.05) is 34.7 Å². The van der Waals surface area contributed by atoms with Crippen molar-refractivity contribution in [3.05, 3.63) is 64.8 Å². The molecule has 0 aliphatic rings. The number of carboxylic acids is 1. The summed E-state index contributed by atoms with van der Waals surface area (Å²) in [6, 6.07) is 12.3. The van der Waals surface area contributed by atoms with Crippen LogP contribution in [0, 0.1) is 0 Å². The molecular formula is C17H14ClNO3. The van der Waals surface area contributed by atoms with E-state index in [2.05, 4.69) is 0 Å². The van der Waals surface area contributed by atoms with Gasteiger partial charge in [0.1, 0.15) is 12.4 Å². The molecule has 0 saturated carbocycles. The number of nitrogens with zero attached hydrogens (tertiary/aromatic N) is 1. The second-order valence-corrected chi connectivity index (χ2v) is 5.48. The van der Waals surface area contributed by atoms with Crippen molar-refractivity contribution in [1.82, 2.24) is 4.57 Å². The van der Waals surface area contributed by atoms with Gasteiger partial charge < -0.3 is 14.4 Å². The lowest BCUT2D eigenvalue weighted by Crippen LogP contribution is -1.96. The Morgan fingerprint density at radius 3 is 2.64 bits per heavy atom. The average molecular weight is 316 g/mol. The van der Waals surface area contributed by atoms with E-state index in [1.807, 2.05) is 36.0 Å². The van der Waals surface area contributed by atoms with Crippen LogP contribution < -0.4 is 4.74 Å². The Bertz CT molecular complexity index is 837. The van der Waals surface area contributed by atoms with Gasteiger partial charge in [0.15, 0.2) is 0 Å². The molecule has 5 heteroatoms. The van der Waals surface area contributed by atoms with Crippen LogP contribution in [0.2, 0.25) is 5.02 Å². The Morgan fingerprint density at radius 1 is 1.23 bits per heavy atom. The van der Waals surface area contributed by atoms with Crippen LogP contribution in [0.1, 0.15) is 15.9 Å². The van der Waals surface area contributed by atoms with Gasteiger partial charge in [-0.2, -0.15) is 0 Å². The van der Waals surface area contributed by atoms with Crippen LogP contribution in [0.4, 0.5) is 0 Å². The molecule has 2 aromatic carbocycles. The van der Waals surface area contributed by atoms with E-state index in [1.165, 1.54) is 0 Å². The normalized spacial score (nSPS) is 10.8. The van der Waals surface area contributed by atoms with Crippen LogP contribution in [0.3, 0.4) is 0 Å². The number of aryl methyl sites for hydroxylation is 1. The minimum Gasteiger partial charge on any atom is -0.489 e. The summed E-state index contributed by atoms with van der Waals surface area (Å²) < 4.78 is 7.66. The van der Waals surface area contributed by atoms with E-state index in [4.69, 9.17) is 21.4 Å². The van der Waals surface area contributed by atoms with Crippen molar-refractivity contribution in [2.24, 2.45) is 7.05 Å². The zero-order valence-corrected chi connectivity index (χ0v) is 12.7. The lowest BCUT2D eigenvalue weighted by atomic mass is 10.1.